The molecule has 100 valence electrons. The number of hydrogen-bond acceptors (Lipinski definition) is 2. The Hall–Kier alpha value is -0.640. The predicted octanol–water partition coefficient (Wildman–Crippen LogP) is 3.53. The highest BCUT2D eigenvalue weighted by molar-refractivity contribution is 6.31. The van der Waals surface area contributed by atoms with E-state index in [0.717, 1.165) is 12.1 Å². The van der Waals surface area contributed by atoms with E-state index in [1.165, 1.54) is 31.7 Å². The first-order chi connectivity index (χ1) is 8.77. The first kappa shape index (κ1) is 13.8. The highest BCUT2D eigenvalue weighted by Crippen LogP contribution is 2.21. The summed E-state index contributed by atoms with van der Waals surface area (Å²) in [5, 5.41) is 3.43. The van der Waals surface area contributed by atoms with E-state index in [1.54, 1.807) is 6.07 Å². The average Bonchev–Trinajstić information content (AvgIpc) is 2.87. The van der Waals surface area contributed by atoms with Gasteiger partial charge in [0.05, 0.1) is 17.7 Å². The zero-order chi connectivity index (χ0) is 12.8. The van der Waals surface area contributed by atoms with Crippen molar-refractivity contribution in [2.45, 2.75) is 38.3 Å². The fourth-order valence-electron chi connectivity index (χ4n) is 2.26. The molecule has 2 rings (SSSR count). The van der Waals surface area contributed by atoms with Gasteiger partial charge in [0.1, 0.15) is 5.82 Å². The van der Waals surface area contributed by atoms with E-state index in [9.17, 15) is 4.39 Å². The number of benzene rings is 1. The maximum Gasteiger partial charge on any atom is 0.142 e. The molecule has 1 aromatic carbocycles. The Kier molecular flexibility index (Phi) is 5.42. The molecule has 0 saturated heterocycles. The van der Waals surface area contributed by atoms with Gasteiger partial charge >= 0.3 is 0 Å². The smallest absolute Gasteiger partial charge is 0.142 e. The molecule has 0 atom stereocenters. The fraction of sp³-hybridized carbons (Fsp3) is 0.571. The van der Waals surface area contributed by atoms with Crippen LogP contribution >= 0.6 is 11.6 Å². The molecule has 0 unspecified atom stereocenters. The van der Waals surface area contributed by atoms with E-state index >= 15 is 0 Å². The summed E-state index contributed by atoms with van der Waals surface area (Å²) >= 11 is 5.86. The summed E-state index contributed by atoms with van der Waals surface area (Å²) in [4.78, 5) is 0. The monoisotopic (exact) mass is 271 g/mol. The molecule has 18 heavy (non-hydrogen) atoms. The lowest BCUT2D eigenvalue weighted by Crippen LogP contribution is -2.22. The topological polar surface area (TPSA) is 21.3 Å². The summed E-state index contributed by atoms with van der Waals surface area (Å²) in [6, 6.07) is 4.87. The second-order valence-corrected chi connectivity index (χ2v) is 5.04. The van der Waals surface area contributed by atoms with Gasteiger partial charge in [-0.25, -0.2) is 4.39 Å². The molecule has 1 N–H and O–H groups in total. The molecular formula is C14H19ClFNO. The van der Waals surface area contributed by atoms with Gasteiger partial charge in [-0.3, -0.25) is 0 Å². The van der Waals surface area contributed by atoms with Crippen molar-refractivity contribution in [1.29, 1.82) is 0 Å². The summed E-state index contributed by atoms with van der Waals surface area (Å²) in [5.74, 6) is -0.363. The molecule has 2 nitrogen and oxygen atoms in total. The van der Waals surface area contributed by atoms with Crippen molar-refractivity contribution in [3.63, 3.8) is 0 Å². The normalized spacial score (nSPS) is 16.3. The molecule has 0 radical (unpaired) electrons. The molecule has 4 heteroatoms. The van der Waals surface area contributed by atoms with E-state index in [0.29, 0.717) is 19.3 Å². The fourth-order valence-corrected chi connectivity index (χ4v) is 2.45. The lowest BCUT2D eigenvalue weighted by molar-refractivity contribution is 0.0603. The minimum absolute atomic E-state index is 0.210. The Morgan fingerprint density at radius 2 is 2.11 bits per heavy atom. The van der Waals surface area contributed by atoms with Crippen molar-refractivity contribution in [3.05, 3.63) is 34.6 Å². The van der Waals surface area contributed by atoms with Crippen LogP contribution in [0.15, 0.2) is 18.2 Å². The maximum absolute atomic E-state index is 13.2. The Balaban J connectivity index is 1.64. The van der Waals surface area contributed by atoms with Crippen molar-refractivity contribution < 1.29 is 9.13 Å². The van der Waals surface area contributed by atoms with Crippen LogP contribution in [0.2, 0.25) is 5.02 Å². The quantitative estimate of drug-likeness (QED) is 0.799. The number of hydrogen-bond donors (Lipinski definition) is 1. The third-order valence-electron chi connectivity index (χ3n) is 3.28. The molecule has 0 heterocycles. The van der Waals surface area contributed by atoms with E-state index in [1.807, 2.05) is 6.07 Å². The Morgan fingerprint density at radius 1 is 1.33 bits per heavy atom. The first-order valence-electron chi connectivity index (χ1n) is 6.52. The van der Waals surface area contributed by atoms with Gasteiger partial charge < -0.3 is 10.1 Å². The second kappa shape index (κ2) is 7.07. The molecule has 1 saturated carbocycles. The molecule has 1 aromatic rings. The zero-order valence-electron chi connectivity index (χ0n) is 10.4. The van der Waals surface area contributed by atoms with Crippen LogP contribution in [-0.2, 0) is 11.3 Å². The zero-order valence-corrected chi connectivity index (χ0v) is 11.2. The summed E-state index contributed by atoms with van der Waals surface area (Å²) in [6.45, 7) is 2.05. The van der Waals surface area contributed by atoms with E-state index in [-0.39, 0.29) is 10.8 Å². The van der Waals surface area contributed by atoms with Gasteiger partial charge in [-0.05, 0) is 24.5 Å². The average molecular weight is 272 g/mol. The predicted molar refractivity (Wildman–Crippen MR) is 71.3 cm³/mol. The van der Waals surface area contributed by atoms with Gasteiger partial charge in [0.25, 0.3) is 0 Å². The SMILES string of the molecule is Fc1cccc(CNCCOC2CCCC2)c1Cl. The van der Waals surface area contributed by atoms with Gasteiger partial charge in [0.15, 0.2) is 0 Å². The Morgan fingerprint density at radius 3 is 2.89 bits per heavy atom. The van der Waals surface area contributed by atoms with Gasteiger partial charge in [0.2, 0.25) is 0 Å². The van der Waals surface area contributed by atoms with Crippen LogP contribution in [0.4, 0.5) is 4.39 Å². The lowest BCUT2D eigenvalue weighted by Gasteiger charge is -2.12. The lowest BCUT2D eigenvalue weighted by atomic mass is 10.2. The van der Waals surface area contributed by atoms with E-state index < -0.39 is 0 Å². The molecule has 1 aliphatic rings. The number of nitrogens with one attached hydrogen (secondary N) is 1. The molecule has 1 fully saturated rings. The third-order valence-corrected chi connectivity index (χ3v) is 3.70. The summed E-state index contributed by atoms with van der Waals surface area (Å²) in [7, 11) is 0. The van der Waals surface area contributed by atoms with E-state index in [4.69, 9.17) is 16.3 Å². The standard InChI is InChI=1S/C14H19ClFNO/c15-14-11(4-3-7-13(14)16)10-17-8-9-18-12-5-1-2-6-12/h3-4,7,12,17H,1-2,5-6,8-10H2. The highest BCUT2D eigenvalue weighted by Gasteiger charge is 2.14. The Bertz CT molecular complexity index is 380. The van der Waals surface area contributed by atoms with Gasteiger partial charge in [0, 0.05) is 13.1 Å². The molecular weight excluding hydrogens is 253 g/mol. The van der Waals surface area contributed by atoms with Crippen LogP contribution in [0, 0.1) is 5.82 Å². The summed E-state index contributed by atoms with van der Waals surface area (Å²) < 4.78 is 18.9. The number of rotatable bonds is 6. The Labute approximate surface area is 112 Å². The number of halogens is 2. The van der Waals surface area contributed by atoms with Crippen LogP contribution < -0.4 is 5.32 Å². The minimum Gasteiger partial charge on any atom is -0.377 e. The highest BCUT2D eigenvalue weighted by atomic mass is 35.5. The molecule has 0 spiro atoms. The van der Waals surface area contributed by atoms with Gasteiger partial charge in [-0.2, -0.15) is 0 Å². The number of ether oxygens (including phenoxy) is 1. The third kappa shape index (κ3) is 3.94. The first-order valence-corrected chi connectivity index (χ1v) is 6.90. The largest absolute Gasteiger partial charge is 0.377 e. The van der Waals surface area contributed by atoms with Crippen LogP contribution in [0.1, 0.15) is 31.2 Å². The van der Waals surface area contributed by atoms with Crippen LogP contribution in [0.3, 0.4) is 0 Å². The van der Waals surface area contributed by atoms with Gasteiger partial charge in [-0.15, -0.1) is 0 Å². The molecule has 0 aliphatic heterocycles. The molecule has 1 aliphatic carbocycles. The molecule has 0 bridgehead atoms. The van der Waals surface area contributed by atoms with Gasteiger partial charge in [-0.1, -0.05) is 36.6 Å². The maximum atomic E-state index is 13.2. The van der Waals surface area contributed by atoms with Crippen LogP contribution in [0.25, 0.3) is 0 Å². The van der Waals surface area contributed by atoms with Crippen molar-refractivity contribution in [1.82, 2.24) is 5.32 Å². The molecule has 0 amide bonds. The van der Waals surface area contributed by atoms with Crippen molar-refractivity contribution in [2.24, 2.45) is 0 Å². The van der Waals surface area contributed by atoms with E-state index in [2.05, 4.69) is 5.32 Å². The van der Waals surface area contributed by atoms with Crippen LogP contribution in [-0.4, -0.2) is 19.3 Å². The summed E-state index contributed by atoms with van der Waals surface area (Å²) in [6.07, 6.45) is 5.41. The summed E-state index contributed by atoms with van der Waals surface area (Å²) in [5.41, 5.74) is 0.789. The molecule has 0 aromatic heterocycles. The minimum atomic E-state index is -0.363. The second-order valence-electron chi connectivity index (χ2n) is 4.67. The van der Waals surface area contributed by atoms with Crippen molar-refractivity contribution in [3.8, 4) is 0 Å². The van der Waals surface area contributed by atoms with Crippen molar-refractivity contribution >= 4 is 11.6 Å². The van der Waals surface area contributed by atoms with Crippen molar-refractivity contribution in [2.75, 3.05) is 13.2 Å². The van der Waals surface area contributed by atoms with Crippen LogP contribution in [0.5, 0.6) is 0 Å².